The minimum absolute atomic E-state index is 0.248. The largest absolute Gasteiger partial charge is 0.491 e. The highest BCUT2D eigenvalue weighted by Gasteiger charge is 2.09. The molecule has 0 aliphatic rings. The number of benzene rings is 2. The number of hydrogen-bond acceptors (Lipinski definition) is 4. The van der Waals surface area contributed by atoms with Crippen LogP contribution in [0, 0.1) is 6.92 Å². The summed E-state index contributed by atoms with van der Waals surface area (Å²) in [6.45, 7) is 5.52. The van der Waals surface area contributed by atoms with Crippen LogP contribution in [0.5, 0.6) is 5.75 Å². The molecule has 0 bridgehead atoms. The lowest BCUT2D eigenvalue weighted by Gasteiger charge is -2.11. The number of anilines is 1. The number of rotatable bonds is 7. The van der Waals surface area contributed by atoms with Crippen LogP contribution in [0.2, 0.25) is 0 Å². The molecule has 0 heterocycles. The van der Waals surface area contributed by atoms with E-state index in [1.807, 2.05) is 38.1 Å². The maximum absolute atomic E-state index is 12.3. The lowest BCUT2D eigenvalue weighted by Crippen LogP contribution is -2.34. The zero-order valence-electron chi connectivity index (χ0n) is 14.4. The van der Waals surface area contributed by atoms with Gasteiger partial charge in [0.15, 0.2) is 5.11 Å². The SMILES string of the molecule is CCOCCOc1cccc(C(=O)NC(=S)Nc2cccc(C)c2)c1. The summed E-state index contributed by atoms with van der Waals surface area (Å²) in [7, 11) is 0. The van der Waals surface area contributed by atoms with Crippen LogP contribution in [0.1, 0.15) is 22.8 Å². The predicted molar refractivity (Wildman–Crippen MR) is 103 cm³/mol. The summed E-state index contributed by atoms with van der Waals surface area (Å²) in [4.78, 5) is 12.3. The highest BCUT2D eigenvalue weighted by Crippen LogP contribution is 2.14. The van der Waals surface area contributed by atoms with Crippen molar-refractivity contribution < 1.29 is 14.3 Å². The zero-order chi connectivity index (χ0) is 18.1. The first-order valence-corrected chi connectivity index (χ1v) is 8.49. The Morgan fingerprint density at radius 2 is 1.92 bits per heavy atom. The summed E-state index contributed by atoms with van der Waals surface area (Å²) in [5, 5.41) is 5.92. The van der Waals surface area contributed by atoms with Crippen molar-refractivity contribution in [1.82, 2.24) is 5.32 Å². The Morgan fingerprint density at radius 3 is 2.68 bits per heavy atom. The van der Waals surface area contributed by atoms with Crippen LogP contribution in [0.4, 0.5) is 5.69 Å². The van der Waals surface area contributed by atoms with E-state index in [4.69, 9.17) is 21.7 Å². The summed E-state index contributed by atoms with van der Waals surface area (Å²) < 4.78 is 10.8. The molecule has 132 valence electrons. The number of thiocarbonyl (C=S) groups is 1. The lowest BCUT2D eigenvalue weighted by molar-refractivity contribution is 0.0976. The highest BCUT2D eigenvalue weighted by atomic mass is 32.1. The van der Waals surface area contributed by atoms with Crippen LogP contribution in [-0.2, 0) is 4.74 Å². The van der Waals surface area contributed by atoms with Gasteiger partial charge < -0.3 is 14.8 Å². The van der Waals surface area contributed by atoms with E-state index in [1.165, 1.54) is 0 Å². The van der Waals surface area contributed by atoms with E-state index >= 15 is 0 Å². The first-order valence-electron chi connectivity index (χ1n) is 8.08. The molecule has 2 aromatic carbocycles. The Kier molecular flexibility index (Phi) is 7.37. The molecule has 2 N–H and O–H groups in total. The van der Waals surface area contributed by atoms with E-state index in [0.717, 1.165) is 11.3 Å². The van der Waals surface area contributed by atoms with Crippen LogP contribution in [0.3, 0.4) is 0 Å². The smallest absolute Gasteiger partial charge is 0.257 e. The van der Waals surface area contributed by atoms with Crippen molar-refractivity contribution in [3.63, 3.8) is 0 Å². The maximum atomic E-state index is 12.3. The van der Waals surface area contributed by atoms with E-state index in [2.05, 4.69) is 10.6 Å². The fourth-order valence-electron chi connectivity index (χ4n) is 2.15. The number of carbonyl (C=O) groups is 1. The molecule has 0 fully saturated rings. The summed E-state index contributed by atoms with van der Waals surface area (Å²) in [5.74, 6) is 0.324. The Labute approximate surface area is 153 Å². The van der Waals surface area contributed by atoms with Crippen molar-refractivity contribution in [2.75, 3.05) is 25.1 Å². The van der Waals surface area contributed by atoms with Crippen LogP contribution >= 0.6 is 12.2 Å². The third kappa shape index (κ3) is 6.52. The molecule has 2 rings (SSSR count). The monoisotopic (exact) mass is 358 g/mol. The molecule has 25 heavy (non-hydrogen) atoms. The fourth-order valence-corrected chi connectivity index (χ4v) is 2.36. The molecular weight excluding hydrogens is 336 g/mol. The number of hydrogen-bond donors (Lipinski definition) is 2. The summed E-state index contributed by atoms with van der Waals surface area (Å²) in [6.07, 6.45) is 0. The first kappa shape index (κ1) is 18.9. The zero-order valence-corrected chi connectivity index (χ0v) is 15.2. The van der Waals surface area contributed by atoms with E-state index in [1.54, 1.807) is 24.3 Å². The van der Waals surface area contributed by atoms with Crippen molar-refractivity contribution in [2.45, 2.75) is 13.8 Å². The molecule has 0 saturated carbocycles. The number of nitrogens with one attached hydrogen (secondary N) is 2. The van der Waals surface area contributed by atoms with Gasteiger partial charge in [-0.05, 0) is 62.0 Å². The molecule has 5 nitrogen and oxygen atoms in total. The first-order chi connectivity index (χ1) is 12.1. The quantitative estimate of drug-likeness (QED) is 0.586. The Balaban J connectivity index is 1.90. The third-order valence-corrected chi connectivity index (χ3v) is 3.50. The molecule has 0 aromatic heterocycles. The van der Waals surface area contributed by atoms with Gasteiger partial charge in [0.05, 0.1) is 6.61 Å². The van der Waals surface area contributed by atoms with Gasteiger partial charge >= 0.3 is 0 Å². The molecule has 0 saturated heterocycles. The Morgan fingerprint density at radius 1 is 1.12 bits per heavy atom. The van der Waals surface area contributed by atoms with Gasteiger partial charge in [-0.1, -0.05) is 18.2 Å². The molecule has 0 aliphatic carbocycles. The predicted octanol–water partition coefficient (Wildman–Crippen LogP) is 3.54. The minimum atomic E-state index is -0.291. The van der Waals surface area contributed by atoms with Crippen LogP contribution in [0.25, 0.3) is 0 Å². The van der Waals surface area contributed by atoms with Gasteiger partial charge in [0, 0.05) is 17.9 Å². The van der Waals surface area contributed by atoms with Crippen molar-refractivity contribution in [1.29, 1.82) is 0 Å². The third-order valence-electron chi connectivity index (χ3n) is 3.30. The van der Waals surface area contributed by atoms with E-state index < -0.39 is 0 Å². The standard InChI is InChI=1S/C19H22N2O3S/c1-3-23-10-11-24-17-9-5-7-15(13-17)18(22)21-19(25)20-16-8-4-6-14(2)12-16/h4-9,12-13H,3,10-11H2,1-2H3,(H2,20,21,22,25). The topological polar surface area (TPSA) is 59.6 Å². The number of carbonyl (C=O) groups excluding carboxylic acids is 1. The van der Waals surface area contributed by atoms with Gasteiger partial charge in [0.1, 0.15) is 12.4 Å². The summed E-state index contributed by atoms with van der Waals surface area (Å²) >= 11 is 5.20. The second-order valence-corrected chi connectivity index (χ2v) is 5.76. The van der Waals surface area contributed by atoms with Crippen LogP contribution < -0.4 is 15.4 Å². The van der Waals surface area contributed by atoms with Gasteiger partial charge in [0.25, 0.3) is 5.91 Å². The molecule has 0 atom stereocenters. The molecule has 1 amide bonds. The Bertz CT molecular complexity index is 734. The fraction of sp³-hybridized carbons (Fsp3) is 0.263. The van der Waals surface area contributed by atoms with E-state index in [-0.39, 0.29) is 11.0 Å². The summed E-state index contributed by atoms with van der Waals surface area (Å²) in [6, 6.07) is 14.7. The van der Waals surface area contributed by atoms with Crippen molar-refractivity contribution >= 4 is 28.9 Å². The van der Waals surface area contributed by atoms with Gasteiger partial charge in [-0.15, -0.1) is 0 Å². The molecule has 0 spiro atoms. The van der Waals surface area contributed by atoms with E-state index in [0.29, 0.717) is 31.1 Å². The molecule has 0 radical (unpaired) electrons. The van der Waals surface area contributed by atoms with Crippen LogP contribution in [0.15, 0.2) is 48.5 Å². The van der Waals surface area contributed by atoms with Crippen molar-refractivity contribution in [2.24, 2.45) is 0 Å². The minimum Gasteiger partial charge on any atom is -0.491 e. The molecule has 0 aliphatic heterocycles. The number of aryl methyl sites for hydroxylation is 1. The average Bonchev–Trinajstić information content (AvgIpc) is 2.59. The van der Waals surface area contributed by atoms with Gasteiger partial charge in [-0.25, -0.2) is 0 Å². The highest BCUT2D eigenvalue weighted by molar-refractivity contribution is 7.80. The summed E-state index contributed by atoms with van der Waals surface area (Å²) in [5.41, 5.74) is 2.41. The number of ether oxygens (including phenoxy) is 2. The van der Waals surface area contributed by atoms with Gasteiger partial charge in [-0.2, -0.15) is 0 Å². The number of amides is 1. The molecule has 6 heteroatoms. The van der Waals surface area contributed by atoms with Crippen LogP contribution in [-0.4, -0.2) is 30.8 Å². The normalized spacial score (nSPS) is 10.2. The maximum Gasteiger partial charge on any atom is 0.257 e. The van der Waals surface area contributed by atoms with Gasteiger partial charge in [0.2, 0.25) is 0 Å². The van der Waals surface area contributed by atoms with Crippen molar-refractivity contribution in [3.8, 4) is 5.75 Å². The van der Waals surface area contributed by atoms with E-state index in [9.17, 15) is 4.79 Å². The molecule has 0 unspecified atom stereocenters. The molecular formula is C19H22N2O3S. The lowest BCUT2D eigenvalue weighted by atomic mass is 10.2. The second kappa shape index (κ2) is 9.76. The Hall–Kier alpha value is -2.44. The second-order valence-electron chi connectivity index (χ2n) is 5.35. The van der Waals surface area contributed by atoms with Crippen molar-refractivity contribution in [3.05, 3.63) is 59.7 Å². The van der Waals surface area contributed by atoms with Gasteiger partial charge in [-0.3, -0.25) is 10.1 Å². The average molecular weight is 358 g/mol. The molecule has 2 aromatic rings.